The van der Waals surface area contributed by atoms with Crippen LogP contribution in [0.1, 0.15) is 19.8 Å². The number of hydrazine groups is 1. The molecular formula is C10H19N5OS. The van der Waals surface area contributed by atoms with Crippen LogP contribution in [0.4, 0.5) is 11.6 Å². The largest absolute Gasteiger partial charge is 0.393 e. The molecule has 7 heteroatoms. The van der Waals surface area contributed by atoms with Crippen LogP contribution in [0.2, 0.25) is 0 Å². The lowest BCUT2D eigenvalue weighted by Crippen LogP contribution is -2.14. The van der Waals surface area contributed by atoms with Crippen molar-refractivity contribution in [2.24, 2.45) is 5.84 Å². The summed E-state index contributed by atoms with van der Waals surface area (Å²) in [6, 6.07) is 1.73. The smallest absolute Gasteiger partial charge is 0.191 e. The van der Waals surface area contributed by atoms with Crippen LogP contribution in [0, 0.1) is 0 Å². The second-order valence-corrected chi connectivity index (χ2v) is 4.32. The highest BCUT2D eigenvalue weighted by Gasteiger charge is 2.04. The minimum atomic E-state index is -0.267. The predicted octanol–water partition coefficient (Wildman–Crippen LogP) is 1.06. The molecule has 5 N–H and O–H groups in total. The van der Waals surface area contributed by atoms with Crippen LogP contribution in [-0.2, 0) is 0 Å². The summed E-state index contributed by atoms with van der Waals surface area (Å²) in [6.45, 7) is 2.63. The van der Waals surface area contributed by atoms with Crippen molar-refractivity contribution >= 4 is 23.4 Å². The summed E-state index contributed by atoms with van der Waals surface area (Å²) in [5.41, 5.74) is 2.50. The minimum Gasteiger partial charge on any atom is -0.393 e. The summed E-state index contributed by atoms with van der Waals surface area (Å²) in [7, 11) is 0. The van der Waals surface area contributed by atoms with Crippen molar-refractivity contribution in [2.75, 3.05) is 23.5 Å². The monoisotopic (exact) mass is 257 g/mol. The topological polar surface area (TPSA) is 96.1 Å². The summed E-state index contributed by atoms with van der Waals surface area (Å²) in [4.78, 5) is 8.44. The third kappa shape index (κ3) is 4.76. The number of anilines is 2. The van der Waals surface area contributed by atoms with Gasteiger partial charge in [0, 0.05) is 12.6 Å². The molecule has 1 rings (SSSR count). The lowest BCUT2D eigenvalue weighted by Gasteiger charge is -2.10. The third-order valence-electron chi connectivity index (χ3n) is 2.29. The van der Waals surface area contributed by atoms with E-state index in [9.17, 15) is 5.11 Å². The van der Waals surface area contributed by atoms with Crippen LogP contribution in [0.15, 0.2) is 11.2 Å². The highest BCUT2D eigenvalue weighted by molar-refractivity contribution is 7.98. The fraction of sp³-hybridized carbons (Fsp3) is 0.600. The quantitative estimate of drug-likeness (QED) is 0.251. The number of nitrogens with zero attached hydrogens (tertiary/aromatic N) is 2. The first kappa shape index (κ1) is 14.0. The van der Waals surface area contributed by atoms with Crippen molar-refractivity contribution in [3.05, 3.63) is 6.07 Å². The summed E-state index contributed by atoms with van der Waals surface area (Å²) in [6.07, 6.45) is 3.09. The van der Waals surface area contributed by atoms with Gasteiger partial charge in [0.05, 0.1) is 6.10 Å². The van der Waals surface area contributed by atoms with Gasteiger partial charge in [0.25, 0.3) is 0 Å². The van der Waals surface area contributed by atoms with Crippen LogP contribution in [-0.4, -0.2) is 34.0 Å². The van der Waals surface area contributed by atoms with Crippen molar-refractivity contribution < 1.29 is 5.11 Å². The number of rotatable bonds is 7. The number of hydrogen-bond donors (Lipinski definition) is 4. The molecule has 1 atom stereocenters. The lowest BCUT2D eigenvalue weighted by molar-refractivity contribution is 0.164. The van der Waals surface area contributed by atoms with Crippen molar-refractivity contribution in [3.63, 3.8) is 0 Å². The maximum absolute atomic E-state index is 9.43. The maximum atomic E-state index is 9.43. The predicted molar refractivity (Wildman–Crippen MR) is 71.0 cm³/mol. The van der Waals surface area contributed by atoms with Crippen LogP contribution in [0.3, 0.4) is 0 Å². The highest BCUT2D eigenvalue weighted by atomic mass is 32.2. The molecule has 0 saturated heterocycles. The maximum Gasteiger partial charge on any atom is 0.191 e. The SMILES string of the molecule is CCC(O)CCNc1cc(NN)nc(SC)n1. The molecule has 96 valence electrons. The number of nitrogens with one attached hydrogen (secondary N) is 2. The first-order chi connectivity index (χ1) is 8.19. The number of nitrogen functional groups attached to an aromatic ring is 1. The van der Waals surface area contributed by atoms with Crippen molar-refractivity contribution in [1.29, 1.82) is 0 Å². The lowest BCUT2D eigenvalue weighted by atomic mass is 10.2. The van der Waals surface area contributed by atoms with Crippen LogP contribution < -0.4 is 16.6 Å². The molecule has 1 aromatic heterocycles. The fourth-order valence-electron chi connectivity index (χ4n) is 1.25. The summed E-state index contributed by atoms with van der Waals surface area (Å²) >= 11 is 1.45. The number of thioether (sulfide) groups is 1. The fourth-order valence-corrected chi connectivity index (χ4v) is 1.63. The molecule has 0 aliphatic rings. The molecule has 0 amide bonds. The van der Waals surface area contributed by atoms with E-state index in [0.29, 0.717) is 29.8 Å². The van der Waals surface area contributed by atoms with Gasteiger partial charge in [0.1, 0.15) is 11.6 Å². The van der Waals surface area contributed by atoms with Gasteiger partial charge in [-0.2, -0.15) is 0 Å². The van der Waals surface area contributed by atoms with Gasteiger partial charge in [0.15, 0.2) is 5.16 Å². The first-order valence-electron chi connectivity index (χ1n) is 5.51. The van der Waals surface area contributed by atoms with Gasteiger partial charge in [0.2, 0.25) is 0 Å². The van der Waals surface area contributed by atoms with Gasteiger partial charge in [-0.1, -0.05) is 18.7 Å². The number of nitrogens with two attached hydrogens (primary N) is 1. The zero-order chi connectivity index (χ0) is 12.7. The van der Waals surface area contributed by atoms with Crippen molar-refractivity contribution in [1.82, 2.24) is 9.97 Å². The van der Waals surface area contributed by atoms with E-state index in [1.807, 2.05) is 13.2 Å². The average Bonchev–Trinajstić information content (AvgIpc) is 2.37. The van der Waals surface area contributed by atoms with E-state index in [4.69, 9.17) is 5.84 Å². The van der Waals surface area contributed by atoms with Gasteiger partial charge >= 0.3 is 0 Å². The Labute approximate surface area is 105 Å². The van der Waals surface area contributed by atoms with E-state index in [1.165, 1.54) is 11.8 Å². The Hall–Kier alpha value is -1.05. The van der Waals surface area contributed by atoms with Gasteiger partial charge in [-0.05, 0) is 19.1 Å². The second kappa shape index (κ2) is 7.31. The molecule has 1 aromatic rings. The van der Waals surface area contributed by atoms with Crippen molar-refractivity contribution in [3.8, 4) is 0 Å². The van der Waals surface area contributed by atoms with Gasteiger partial charge in [-0.3, -0.25) is 0 Å². The van der Waals surface area contributed by atoms with Gasteiger partial charge in [-0.25, -0.2) is 15.8 Å². The van der Waals surface area contributed by atoms with Gasteiger partial charge in [-0.15, -0.1) is 0 Å². The molecule has 0 aromatic carbocycles. The number of aliphatic hydroxyl groups excluding tert-OH is 1. The summed E-state index contributed by atoms with van der Waals surface area (Å²) in [5, 5.41) is 13.2. The zero-order valence-corrected chi connectivity index (χ0v) is 10.9. The third-order valence-corrected chi connectivity index (χ3v) is 2.84. The molecule has 0 fully saturated rings. The average molecular weight is 257 g/mol. The number of aromatic nitrogens is 2. The van der Waals surface area contributed by atoms with E-state index < -0.39 is 0 Å². The second-order valence-electron chi connectivity index (χ2n) is 3.55. The Bertz CT molecular complexity index is 327. The van der Waals surface area contributed by atoms with Gasteiger partial charge < -0.3 is 15.8 Å². The minimum absolute atomic E-state index is 0.267. The zero-order valence-electron chi connectivity index (χ0n) is 10.1. The standard InChI is InChI=1S/C10H19N5OS/c1-3-7(16)4-5-12-8-6-9(15-11)14-10(13-8)17-2/h6-7,16H,3-5,11H2,1-2H3,(H2,12,13,14,15). The molecular weight excluding hydrogens is 238 g/mol. The molecule has 0 bridgehead atoms. The highest BCUT2D eigenvalue weighted by Crippen LogP contribution is 2.16. The molecule has 0 saturated carbocycles. The molecule has 17 heavy (non-hydrogen) atoms. The number of aliphatic hydroxyl groups is 1. The molecule has 1 heterocycles. The van der Waals surface area contributed by atoms with Crippen molar-refractivity contribution in [2.45, 2.75) is 31.0 Å². The molecule has 0 radical (unpaired) electrons. The molecule has 0 spiro atoms. The Balaban J connectivity index is 2.57. The molecule has 1 unspecified atom stereocenters. The normalized spacial score (nSPS) is 12.2. The summed E-state index contributed by atoms with van der Waals surface area (Å²) in [5.74, 6) is 6.60. The van der Waals surface area contributed by atoms with Crippen LogP contribution >= 0.6 is 11.8 Å². The Morgan fingerprint density at radius 1 is 1.47 bits per heavy atom. The Morgan fingerprint density at radius 2 is 2.18 bits per heavy atom. The van der Waals surface area contributed by atoms with E-state index in [-0.39, 0.29) is 6.10 Å². The number of hydrogen-bond acceptors (Lipinski definition) is 7. The Morgan fingerprint density at radius 3 is 2.76 bits per heavy atom. The van der Waals surface area contributed by atoms with Crippen LogP contribution in [0.25, 0.3) is 0 Å². The molecule has 6 nitrogen and oxygen atoms in total. The molecule has 0 aliphatic carbocycles. The molecule has 0 aliphatic heterocycles. The summed E-state index contributed by atoms with van der Waals surface area (Å²) < 4.78 is 0. The van der Waals surface area contributed by atoms with E-state index in [2.05, 4.69) is 20.7 Å². The first-order valence-corrected chi connectivity index (χ1v) is 6.73. The van der Waals surface area contributed by atoms with E-state index in [0.717, 1.165) is 6.42 Å². The Kier molecular flexibility index (Phi) is 6.03. The van der Waals surface area contributed by atoms with E-state index >= 15 is 0 Å². The van der Waals surface area contributed by atoms with E-state index in [1.54, 1.807) is 6.07 Å². The van der Waals surface area contributed by atoms with Crippen LogP contribution in [0.5, 0.6) is 0 Å².